The second-order valence-corrected chi connectivity index (χ2v) is 4.27. The van der Waals surface area contributed by atoms with Crippen LogP contribution in [0.15, 0.2) is 12.1 Å². The van der Waals surface area contributed by atoms with Gasteiger partial charge in [0.05, 0.1) is 11.7 Å². The van der Waals surface area contributed by atoms with Crippen LogP contribution in [0.2, 0.25) is 0 Å². The van der Waals surface area contributed by atoms with Crippen molar-refractivity contribution < 1.29 is 23.1 Å². The average Bonchev–Trinajstić information content (AvgIpc) is 2.35. The van der Waals surface area contributed by atoms with Crippen LogP contribution in [0.3, 0.4) is 0 Å². The molecule has 98 valence electrons. The molecule has 1 aromatic rings. The monoisotopic (exact) mass is 259 g/mol. The van der Waals surface area contributed by atoms with Gasteiger partial charge in [-0.3, -0.25) is 4.79 Å². The maximum atomic E-state index is 13.4. The lowest BCUT2D eigenvalue weighted by molar-refractivity contribution is 0.0469. The van der Waals surface area contributed by atoms with E-state index in [0.29, 0.717) is 25.5 Å². The predicted molar refractivity (Wildman–Crippen MR) is 57.5 cm³/mol. The summed E-state index contributed by atoms with van der Waals surface area (Å²) in [6.45, 7) is 0.450. The molecule has 0 bridgehead atoms. The second kappa shape index (κ2) is 4.97. The molecule has 1 N–H and O–H groups in total. The van der Waals surface area contributed by atoms with Gasteiger partial charge in [-0.05, 0) is 25.0 Å². The standard InChI is InChI=1S/C12H12F3NO2/c13-9-4-3-8(10(14)11(9)15)12(18)16-5-1-2-7(17)6-16/h3-4,7,17H,1-2,5-6H2. The molecule has 2 rings (SSSR count). The van der Waals surface area contributed by atoms with Crippen molar-refractivity contribution in [3.63, 3.8) is 0 Å². The van der Waals surface area contributed by atoms with E-state index in [2.05, 4.69) is 0 Å². The van der Waals surface area contributed by atoms with Crippen LogP contribution < -0.4 is 0 Å². The third-order valence-corrected chi connectivity index (χ3v) is 2.95. The molecule has 1 heterocycles. The highest BCUT2D eigenvalue weighted by atomic mass is 19.2. The Balaban J connectivity index is 2.26. The van der Waals surface area contributed by atoms with Crippen LogP contribution in [0.25, 0.3) is 0 Å². The van der Waals surface area contributed by atoms with E-state index in [4.69, 9.17) is 0 Å². The summed E-state index contributed by atoms with van der Waals surface area (Å²) in [6, 6.07) is 1.63. The van der Waals surface area contributed by atoms with Crippen molar-refractivity contribution in [2.24, 2.45) is 0 Å². The van der Waals surface area contributed by atoms with E-state index in [0.717, 1.165) is 6.07 Å². The fourth-order valence-corrected chi connectivity index (χ4v) is 2.00. The summed E-state index contributed by atoms with van der Waals surface area (Å²) in [5.74, 6) is -5.20. The lowest BCUT2D eigenvalue weighted by Gasteiger charge is -2.30. The number of β-amino-alcohol motifs (C(OH)–C–C–N with tert-alkyl or cyclic N) is 1. The number of piperidine rings is 1. The number of halogens is 3. The number of likely N-dealkylation sites (tertiary alicyclic amines) is 1. The molecule has 1 amide bonds. The Kier molecular flexibility index (Phi) is 3.56. The molecule has 0 spiro atoms. The third kappa shape index (κ3) is 2.33. The number of aliphatic hydroxyl groups is 1. The first kappa shape index (κ1) is 12.9. The van der Waals surface area contributed by atoms with Crippen LogP contribution in [0.5, 0.6) is 0 Å². The minimum Gasteiger partial charge on any atom is -0.391 e. The van der Waals surface area contributed by atoms with Crippen molar-refractivity contribution in [3.8, 4) is 0 Å². The summed E-state index contributed by atoms with van der Waals surface area (Å²) in [5, 5.41) is 9.42. The molecule has 0 aromatic heterocycles. The number of carbonyl (C=O) groups excluding carboxylic acids is 1. The van der Waals surface area contributed by atoms with Crippen molar-refractivity contribution in [3.05, 3.63) is 35.1 Å². The first-order chi connectivity index (χ1) is 8.50. The van der Waals surface area contributed by atoms with Gasteiger partial charge in [-0.2, -0.15) is 0 Å². The lowest BCUT2D eigenvalue weighted by Crippen LogP contribution is -2.42. The van der Waals surface area contributed by atoms with Crippen LogP contribution in [-0.2, 0) is 0 Å². The molecule has 1 fully saturated rings. The number of hydrogen-bond donors (Lipinski definition) is 1. The number of hydrogen-bond acceptors (Lipinski definition) is 2. The number of rotatable bonds is 1. The van der Waals surface area contributed by atoms with Crippen LogP contribution in [0.1, 0.15) is 23.2 Å². The molecule has 0 aliphatic carbocycles. The van der Waals surface area contributed by atoms with Crippen LogP contribution in [-0.4, -0.2) is 35.1 Å². The Morgan fingerprint density at radius 3 is 2.67 bits per heavy atom. The maximum absolute atomic E-state index is 13.4. The lowest BCUT2D eigenvalue weighted by atomic mass is 10.1. The van der Waals surface area contributed by atoms with Gasteiger partial charge in [0.1, 0.15) is 0 Å². The summed E-state index contributed by atoms with van der Waals surface area (Å²) >= 11 is 0. The Morgan fingerprint density at radius 2 is 2.00 bits per heavy atom. The zero-order valence-electron chi connectivity index (χ0n) is 9.50. The van der Waals surface area contributed by atoms with Gasteiger partial charge in [0.25, 0.3) is 5.91 Å². The van der Waals surface area contributed by atoms with Crippen molar-refractivity contribution in [2.45, 2.75) is 18.9 Å². The molecule has 1 unspecified atom stereocenters. The largest absolute Gasteiger partial charge is 0.391 e. The van der Waals surface area contributed by atoms with Crippen molar-refractivity contribution >= 4 is 5.91 Å². The van der Waals surface area contributed by atoms with E-state index in [1.807, 2.05) is 0 Å². The number of aliphatic hydroxyl groups excluding tert-OH is 1. The van der Waals surface area contributed by atoms with E-state index in [-0.39, 0.29) is 6.54 Å². The molecule has 1 aliphatic heterocycles. The summed E-state index contributed by atoms with van der Waals surface area (Å²) in [6.07, 6.45) is 0.512. The molecule has 3 nitrogen and oxygen atoms in total. The van der Waals surface area contributed by atoms with Gasteiger partial charge >= 0.3 is 0 Å². The molecule has 1 saturated heterocycles. The molecule has 1 atom stereocenters. The normalized spacial score (nSPS) is 20.0. The van der Waals surface area contributed by atoms with Gasteiger partial charge in [0.15, 0.2) is 17.5 Å². The van der Waals surface area contributed by atoms with Gasteiger partial charge in [0, 0.05) is 13.1 Å². The van der Waals surface area contributed by atoms with Crippen LogP contribution in [0.4, 0.5) is 13.2 Å². The van der Waals surface area contributed by atoms with Crippen molar-refractivity contribution in [2.75, 3.05) is 13.1 Å². The number of amides is 1. The first-order valence-electron chi connectivity index (χ1n) is 5.61. The Hall–Kier alpha value is -1.56. The molecule has 6 heteroatoms. The van der Waals surface area contributed by atoms with Gasteiger partial charge < -0.3 is 10.0 Å². The molecule has 0 radical (unpaired) electrons. The number of benzene rings is 1. The smallest absolute Gasteiger partial charge is 0.257 e. The first-order valence-corrected chi connectivity index (χ1v) is 5.61. The van der Waals surface area contributed by atoms with Crippen molar-refractivity contribution in [1.29, 1.82) is 0 Å². The summed E-state index contributed by atoms with van der Waals surface area (Å²) in [7, 11) is 0. The highest BCUT2D eigenvalue weighted by Crippen LogP contribution is 2.19. The summed E-state index contributed by atoms with van der Waals surface area (Å²) < 4.78 is 39.2. The van der Waals surface area contributed by atoms with E-state index >= 15 is 0 Å². The van der Waals surface area contributed by atoms with E-state index in [1.54, 1.807) is 0 Å². The second-order valence-electron chi connectivity index (χ2n) is 4.27. The number of nitrogens with zero attached hydrogens (tertiary/aromatic N) is 1. The predicted octanol–water partition coefficient (Wildman–Crippen LogP) is 1.70. The zero-order valence-corrected chi connectivity index (χ0v) is 9.50. The molecule has 1 aliphatic rings. The molecule has 1 aromatic carbocycles. The fraction of sp³-hybridized carbons (Fsp3) is 0.417. The Morgan fingerprint density at radius 1 is 1.28 bits per heavy atom. The maximum Gasteiger partial charge on any atom is 0.257 e. The molecule has 0 saturated carbocycles. The highest BCUT2D eigenvalue weighted by Gasteiger charge is 2.26. The minimum absolute atomic E-state index is 0.0806. The fourth-order valence-electron chi connectivity index (χ4n) is 2.00. The van der Waals surface area contributed by atoms with Gasteiger partial charge in [-0.25, -0.2) is 13.2 Å². The van der Waals surface area contributed by atoms with E-state index in [1.165, 1.54) is 4.90 Å². The van der Waals surface area contributed by atoms with Gasteiger partial charge in [-0.1, -0.05) is 0 Å². The summed E-state index contributed by atoms with van der Waals surface area (Å²) in [4.78, 5) is 13.2. The van der Waals surface area contributed by atoms with Gasteiger partial charge in [-0.15, -0.1) is 0 Å². The van der Waals surface area contributed by atoms with Crippen molar-refractivity contribution in [1.82, 2.24) is 4.90 Å². The Bertz CT molecular complexity index is 479. The minimum atomic E-state index is -1.65. The quantitative estimate of drug-likeness (QED) is 0.780. The molecular weight excluding hydrogens is 247 g/mol. The van der Waals surface area contributed by atoms with Gasteiger partial charge in [0.2, 0.25) is 0 Å². The third-order valence-electron chi connectivity index (χ3n) is 2.95. The SMILES string of the molecule is O=C(c1ccc(F)c(F)c1F)N1CCCC(O)C1. The summed E-state index contributed by atoms with van der Waals surface area (Å²) in [5.41, 5.74) is -0.511. The molecule has 18 heavy (non-hydrogen) atoms. The zero-order chi connectivity index (χ0) is 13.3. The number of carbonyl (C=O) groups is 1. The topological polar surface area (TPSA) is 40.5 Å². The molecular formula is C12H12F3NO2. The van der Waals surface area contributed by atoms with Crippen LogP contribution >= 0.6 is 0 Å². The average molecular weight is 259 g/mol. The van der Waals surface area contributed by atoms with E-state index in [9.17, 15) is 23.1 Å². The van der Waals surface area contributed by atoms with Crippen LogP contribution in [0, 0.1) is 17.5 Å². The highest BCUT2D eigenvalue weighted by molar-refractivity contribution is 5.94. The van der Waals surface area contributed by atoms with E-state index < -0.39 is 35.0 Å². The Labute approximate surface area is 102 Å².